The molecule has 132 valence electrons. The molecule has 1 aromatic heterocycles. The molecule has 0 spiro atoms. The van der Waals surface area contributed by atoms with Crippen LogP contribution >= 0.6 is 0 Å². The van der Waals surface area contributed by atoms with Crippen molar-refractivity contribution in [2.45, 2.75) is 13.3 Å². The lowest BCUT2D eigenvalue weighted by Crippen LogP contribution is -2.36. The number of aromatic nitrogens is 1. The van der Waals surface area contributed by atoms with Crippen molar-refractivity contribution in [2.75, 3.05) is 24.5 Å². The minimum Gasteiger partial charge on any atom is -0.356 e. The fourth-order valence-corrected chi connectivity index (χ4v) is 3.25. The standard InChI is InChI=1S/C19H21F2N3O/c1-13-11-24(18-7-2-3-9-22-18)12-15(13)19(25)23-10-8-14-16(20)5-4-6-17(14)21/h2-7,9,13,15H,8,10-12H2,1H3,(H,23,25)/t13-,15-/m1/s1. The molecule has 1 fully saturated rings. The molecule has 1 N–H and O–H groups in total. The van der Waals surface area contributed by atoms with E-state index in [0.29, 0.717) is 6.54 Å². The van der Waals surface area contributed by atoms with E-state index in [4.69, 9.17) is 0 Å². The predicted molar refractivity (Wildman–Crippen MR) is 92.2 cm³/mol. The highest BCUT2D eigenvalue weighted by Gasteiger charge is 2.35. The van der Waals surface area contributed by atoms with E-state index in [0.717, 1.165) is 12.4 Å². The Kier molecular flexibility index (Phi) is 5.26. The molecule has 2 atom stereocenters. The van der Waals surface area contributed by atoms with Gasteiger partial charge in [-0.25, -0.2) is 13.8 Å². The highest BCUT2D eigenvalue weighted by molar-refractivity contribution is 5.80. The number of nitrogens with one attached hydrogen (secondary N) is 1. The molecule has 0 unspecified atom stereocenters. The molecule has 0 bridgehead atoms. The molecule has 25 heavy (non-hydrogen) atoms. The quantitative estimate of drug-likeness (QED) is 0.906. The average Bonchev–Trinajstić information content (AvgIpc) is 3.00. The topological polar surface area (TPSA) is 45.2 Å². The van der Waals surface area contributed by atoms with Crippen molar-refractivity contribution in [1.29, 1.82) is 0 Å². The summed E-state index contributed by atoms with van der Waals surface area (Å²) >= 11 is 0. The molecule has 2 aromatic rings. The molecule has 3 rings (SSSR count). The van der Waals surface area contributed by atoms with Crippen LogP contribution in [0, 0.1) is 23.5 Å². The SMILES string of the molecule is C[C@@H]1CN(c2ccccn2)C[C@H]1C(=O)NCCc1c(F)cccc1F. The van der Waals surface area contributed by atoms with E-state index >= 15 is 0 Å². The molecule has 1 amide bonds. The Labute approximate surface area is 145 Å². The fraction of sp³-hybridized carbons (Fsp3) is 0.368. The summed E-state index contributed by atoms with van der Waals surface area (Å²) in [5, 5.41) is 2.81. The molecule has 0 radical (unpaired) electrons. The van der Waals surface area contributed by atoms with Gasteiger partial charge in [-0.15, -0.1) is 0 Å². The van der Waals surface area contributed by atoms with Gasteiger partial charge in [0.15, 0.2) is 0 Å². The number of carbonyl (C=O) groups is 1. The second-order valence-corrected chi connectivity index (χ2v) is 6.42. The van der Waals surface area contributed by atoms with Gasteiger partial charge in [0, 0.05) is 31.4 Å². The lowest BCUT2D eigenvalue weighted by atomic mass is 9.97. The normalized spacial score (nSPS) is 19.9. The Bertz CT molecular complexity index is 718. The second kappa shape index (κ2) is 7.59. The maximum Gasteiger partial charge on any atom is 0.225 e. The monoisotopic (exact) mass is 345 g/mol. The first-order valence-electron chi connectivity index (χ1n) is 8.43. The van der Waals surface area contributed by atoms with Crippen LogP contribution in [0.25, 0.3) is 0 Å². The highest BCUT2D eigenvalue weighted by atomic mass is 19.1. The van der Waals surface area contributed by atoms with E-state index in [2.05, 4.69) is 15.2 Å². The van der Waals surface area contributed by atoms with Gasteiger partial charge in [-0.05, 0) is 36.6 Å². The lowest BCUT2D eigenvalue weighted by Gasteiger charge is -2.17. The zero-order valence-corrected chi connectivity index (χ0v) is 14.1. The van der Waals surface area contributed by atoms with Crippen LogP contribution in [0.15, 0.2) is 42.6 Å². The molecule has 6 heteroatoms. The van der Waals surface area contributed by atoms with Crippen LogP contribution in [0.5, 0.6) is 0 Å². The van der Waals surface area contributed by atoms with Crippen LogP contribution in [0.4, 0.5) is 14.6 Å². The summed E-state index contributed by atoms with van der Waals surface area (Å²) in [6.45, 7) is 3.60. The molecule has 1 aromatic carbocycles. The molecular weight excluding hydrogens is 324 g/mol. The van der Waals surface area contributed by atoms with E-state index in [1.165, 1.54) is 18.2 Å². The van der Waals surface area contributed by atoms with Gasteiger partial charge in [-0.2, -0.15) is 0 Å². The van der Waals surface area contributed by atoms with Crippen LogP contribution in [0.2, 0.25) is 0 Å². The minimum atomic E-state index is -0.579. The van der Waals surface area contributed by atoms with E-state index in [1.54, 1.807) is 6.20 Å². The number of hydrogen-bond donors (Lipinski definition) is 1. The Morgan fingerprint density at radius 3 is 2.64 bits per heavy atom. The minimum absolute atomic E-state index is 0.0115. The first-order chi connectivity index (χ1) is 12.1. The van der Waals surface area contributed by atoms with Crippen molar-refractivity contribution in [3.63, 3.8) is 0 Å². The van der Waals surface area contributed by atoms with Gasteiger partial charge in [0.05, 0.1) is 5.92 Å². The lowest BCUT2D eigenvalue weighted by molar-refractivity contribution is -0.125. The van der Waals surface area contributed by atoms with Crippen LogP contribution in [0.1, 0.15) is 12.5 Å². The van der Waals surface area contributed by atoms with Crippen molar-refractivity contribution >= 4 is 11.7 Å². The molecule has 0 aliphatic carbocycles. The largest absolute Gasteiger partial charge is 0.356 e. The number of halogens is 2. The Morgan fingerprint density at radius 1 is 1.20 bits per heavy atom. The van der Waals surface area contributed by atoms with Gasteiger partial charge in [-0.1, -0.05) is 19.1 Å². The molecule has 1 aliphatic rings. The van der Waals surface area contributed by atoms with E-state index in [1.807, 2.05) is 25.1 Å². The summed E-state index contributed by atoms with van der Waals surface area (Å²) in [5.74, 6) is -0.352. The predicted octanol–water partition coefficient (Wildman–Crippen LogP) is 2.79. The van der Waals surface area contributed by atoms with Crippen molar-refractivity contribution < 1.29 is 13.6 Å². The average molecular weight is 345 g/mol. The van der Waals surface area contributed by atoms with E-state index in [-0.39, 0.29) is 36.3 Å². The fourth-order valence-electron chi connectivity index (χ4n) is 3.25. The zero-order valence-electron chi connectivity index (χ0n) is 14.1. The van der Waals surface area contributed by atoms with Crippen LogP contribution in [-0.2, 0) is 11.2 Å². The summed E-state index contributed by atoms with van der Waals surface area (Å²) in [6.07, 6.45) is 1.87. The first-order valence-corrected chi connectivity index (χ1v) is 8.43. The number of amides is 1. The van der Waals surface area contributed by atoms with Gasteiger partial charge >= 0.3 is 0 Å². The third-order valence-corrected chi connectivity index (χ3v) is 4.66. The van der Waals surface area contributed by atoms with E-state index < -0.39 is 11.6 Å². The zero-order chi connectivity index (χ0) is 17.8. The van der Waals surface area contributed by atoms with Crippen molar-refractivity contribution in [2.24, 2.45) is 11.8 Å². The summed E-state index contributed by atoms with van der Waals surface area (Å²) < 4.78 is 27.2. The molecule has 2 heterocycles. The van der Waals surface area contributed by atoms with Crippen molar-refractivity contribution in [3.05, 3.63) is 59.8 Å². The number of rotatable bonds is 5. The maximum absolute atomic E-state index is 13.6. The van der Waals surface area contributed by atoms with Gasteiger partial charge in [0.2, 0.25) is 5.91 Å². The van der Waals surface area contributed by atoms with Gasteiger partial charge in [-0.3, -0.25) is 4.79 Å². The third kappa shape index (κ3) is 3.95. The number of pyridine rings is 1. The van der Waals surface area contributed by atoms with Crippen molar-refractivity contribution in [3.8, 4) is 0 Å². The van der Waals surface area contributed by atoms with E-state index in [9.17, 15) is 13.6 Å². The molecule has 1 aliphatic heterocycles. The molecule has 1 saturated heterocycles. The first kappa shape index (κ1) is 17.3. The molecule has 4 nitrogen and oxygen atoms in total. The smallest absolute Gasteiger partial charge is 0.225 e. The summed E-state index contributed by atoms with van der Waals surface area (Å²) in [7, 11) is 0. The number of anilines is 1. The maximum atomic E-state index is 13.6. The van der Waals surface area contributed by atoms with Gasteiger partial charge in [0.1, 0.15) is 17.5 Å². The van der Waals surface area contributed by atoms with Crippen molar-refractivity contribution in [1.82, 2.24) is 10.3 Å². The van der Waals surface area contributed by atoms with Crippen LogP contribution in [0.3, 0.4) is 0 Å². The summed E-state index contributed by atoms with van der Waals surface area (Å²) in [6, 6.07) is 9.49. The van der Waals surface area contributed by atoms with Crippen LogP contribution < -0.4 is 10.2 Å². The number of benzene rings is 1. The molecular formula is C19H21F2N3O. The molecule has 0 saturated carbocycles. The number of nitrogens with zero attached hydrogens (tertiary/aromatic N) is 2. The summed E-state index contributed by atoms with van der Waals surface area (Å²) in [4.78, 5) is 18.9. The third-order valence-electron chi connectivity index (χ3n) is 4.66. The Hall–Kier alpha value is -2.50. The Balaban J connectivity index is 1.55. The number of hydrogen-bond acceptors (Lipinski definition) is 3. The van der Waals surface area contributed by atoms with Crippen LogP contribution in [-0.4, -0.2) is 30.5 Å². The van der Waals surface area contributed by atoms with Gasteiger partial charge < -0.3 is 10.2 Å². The Morgan fingerprint density at radius 2 is 1.96 bits per heavy atom. The highest BCUT2D eigenvalue weighted by Crippen LogP contribution is 2.26. The number of carbonyl (C=O) groups excluding carboxylic acids is 1. The summed E-state index contributed by atoms with van der Waals surface area (Å²) in [5.41, 5.74) is 0.0115. The van der Waals surface area contributed by atoms with Gasteiger partial charge in [0.25, 0.3) is 0 Å². The second-order valence-electron chi connectivity index (χ2n) is 6.42.